The number of nitrogens with zero attached hydrogens (tertiary/aromatic N) is 1. The first-order valence-electron chi connectivity index (χ1n) is 2.80. The molecule has 1 aromatic rings. The average molecular weight is 120 g/mol. The van der Waals surface area contributed by atoms with Gasteiger partial charge in [0, 0.05) is 18.4 Å². The van der Waals surface area contributed by atoms with Crippen molar-refractivity contribution in [3.8, 4) is 0 Å². The summed E-state index contributed by atoms with van der Waals surface area (Å²) >= 11 is 0. The van der Waals surface area contributed by atoms with E-state index in [1.54, 1.807) is 0 Å². The molecule has 0 amide bonds. The van der Waals surface area contributed by atoms with Crippen molar-refractivity contribution in [2.24, 2.45) is 7.05 Å². The second-order valence-electron chi connectivity index (χ2n) is 2.19. The molecule has 0 aromatic carbocycles. The van der Waals surface area contributed by atoms with Crippen molar-refractivity contribution >= 4 is 19.1 Å². The van der Waals surface area contributed by atoms with E-state index in [9.17, 15) is 0 Å². The van der Waals surface area contributed by atoms with E-state index in [2.05, 4.69) is 0 Å². The summed E-state index contributed by atoms with van der Waals surface area (Å²) in [6.07, 6.45) is 0. The van der Waals surface area contributed by atoms with Crippen LogP contribution in [0.4, 0.5) is 5.69 Å². The van der Waals surface area contributed by atoms with Gasteiger partial charge in [-0.3, -0.25) is 0 Å². The quantitative estimate of drug-likeness (QED) is 0.468. The number of aromatic nitrogens is 1. The van der Waals surface area contributed by atoms with Gasteiger partial charge in [-0.05, 0) is 18.6 Å². The second kappa shape index (κ2) is 1.83. The number of aryl methyl sites for hydroxylation is 1. The first kappa shape index (κ1) is 6.27. The Morgan fingerprint density at radius 3 is 2.33 bits per heavy atom. The minimum absolute atomic E-state index is 0.646. The highest BCUT2D eigenvalue weighted by Crippen LogP contribution is 2.01. The zero-order valence-corrected chi connectivity index (χ0v) is 5.68. The monoisotopic (exact) mass is 120 g/mol. The van der Waals surface area contributed by atoms with E-state index >= 15 is 0 Å². The minimum Gasteiger partial charge on any atom is -0.398 e. The summed E-state index contributed by atoms with van der Waals surface area (Å²) in [6, 6.07) is 1.86. The van der Waals surface area contributed by atoms with Gasteiger partial charge in [-0.15, -0.1) is 0 Å². The SMILES string of the molecule is [B]c1c(N)cc(C)n1C. The molecule has 0 aliphatic carbocycles. The summed E-state index contributed by atoms with van der Waals surface area (Å²) in [5.74, 6) is 0. The lowest BCUT2D eigenvalue weighted by Crippen LogP contribution is -2.16. The molecule has 2 radical (unpaired) electrons. The van der Waals surface area contributed by atoms with Crippen LogP contribution in [0.1, 0.15) is 5.69 Å². The predicted molar refractivity (Wildman–Crippen MR) is 40.0 cm³/mol. The summed E-state index contributed by atoms with van der Waals surface area (Å²) in [5, 5.41) is 0. The number of hydrogen-bond donors (Lipinski definition) is 1. The zero-order chi connectivity index (χ0) is 7.02. The molecule has 0 unspecified atom stereocenters. The Balaban J connectivity index is 3.29. The average Bonchev–Trinajstić information content (AvgIpc) is 1.98. The fourth-order valence-corrected chi connectivity index (χ4v) is 0.779. The molecule has 3 heteroatoms. The molecule has 2 nitrogen and oxygen atoms in total. The van der Waals surface area contributed by atoms with Crippen LogP contribution in [0, 0.1) is 6.92 Å². The maximum absolute atomic E-state index is 5.54. The molecule has 1 heterocycles. The third-order valence-corrected chi connectivity index (χ3v) is 1.55. The van der Waals surface area contributed by atoms with Crippen LogP contribution in [0.15, 0.2) is 6.07 Å². The highest BCUT2D eigenvalue weighted by molar-refractivity contribution is 6.34. The van der Waals surface area contributed by atoms with Crippen molar-refractivity contribution in [3.63, 3.8) is 0 Å². The summed E-state index contributed by atoms with van der Waals surface area (Å²) in [7, 11) is 7.43. The van der Waals surface area contributed by atoms with E-state index in [0.29, 0.717) is 11.3 Å². The van der Waals surface area contributed by atoms with Crippen LogP contribution < -0.4 is 11.3 Å². The molecule has 2 N–H and O–H groups in total. The van der Waals surface area contributed by atoms with Crippen LogP contribution in [-0.2, 0) is 7.05 Å². The predicted octanol–water partition coefficient (Wildman–Crippen LogP) is -0.290. The fraction of sp³-hybridized carbons (Fsp3) is 0.333. The topological polar surface area (TPSA) is 30.9 Å². The number of anilines is 1. The molecule has 9 heavy (non-hydrogen) atoms. The van der Waals surface area contributed by atoms with Crippen LogP contribution in [0.5, 0.6) is 0 Å². The Labute approximate surface area is 56.1 Å². The maximum Gasteiger partial charge on any atom is 0.141 e. The van der Waals surface area contributed by atoms with Crippen molar-refractivity contribution < 1.29 is 0 Å². The molecule has 0 saturated heterocycles. The standard InChI is InChI=1S/C6H9BN2/c1-4-3-5(8)6(7)9(4)2/h3H,8H2,1-2H3. The van der Waals surface area contributed by atoms with Crippen LogP contribution in [-0.4, -0.2) is 12.4 Å². The molecule has 0 fully saturated rings. The molecule has 1 aromatic heterocycles. The Hall–Kier alpha value is -0.855. The number of nitrogens with two attached hydrogens (primary N) is 1. The fourth-order valence-electron chi connectivity index (χ4n) is 0.779. The maximum atomic E-state index is 5.54. The summed E-state index contributed by atoms with van der Waals surface area (Å²) in [5.41, 5.74) is 7.89. The smallest absolute Gasteiger partial charge is 0.141 e. The van der Waals surface area contributed by atoms with E-state index < -0.39 is 0 Å². The zero-order valence-electron chi connectivity index (χ0n) is 5.68. The van der Waals surface area contributed by atoms with Crippen LogP contribution >= 0.6 is 0 Å². The Bertz CT molecular complexity index is 205. The van der Waals surface area contributed by atoms with Gasteiger partial charge >= 0.3 is 0 Å². The van der Waals surface area contributed by atoms with Crippen molar-refractivity contribution in [1.82, 2.24) is 4.57 Å². The molecule has 46 valence electrons. The molecule has 0 bridgehead atoms. The van der Waals surface area contributed by atoms with Crippen molar-refractivity contribution in [3.05, 3.63) is 11.8 Å². The van der Waals surface area contributed by atoms with Crippen molar-refractivity contribution in [1.29, 1.82) is 0 Å². The first-order valence-corrected chi connectivity index (χ1v) is 2.80. The van der Waals surface area contributed by atoms with Crippen molar-refractivity contribution in [2.45, 2.75) is 6.92 Å². The van der Waals surface area contributed by atoms with Crippen molar-refractivity contribution in [2.75, 3.05) is 5.73 Å². The van der Waals surface area contributed by atoms with Gasteiger partial charge < -0.3 is 10.3 Å². The molecule has 0 aliphatic rings. The number of nitrogen functional groups attached to an aromatic ring is 1. The normalized spacial score (nSPS) is 10.0. The van der Waals surface area contributed by atoms with Gasteiger partial charge in [-0.2, -0.15) is 0 Å². The number of hydrogen-bond acceptors (Lipinski definition) is 1. The third-order valence-electron chi connectivity index (χ3n) is 1.55. The minimum atomic E-state index is 0.646. The molecular weight excluding hydrogens is 111 g/mol. The summed E-state index contributed by atoms with van der Waals surface area (Å²) < 4.78 is 1.86. The molecule has 1 rings (SSSR count). The molecule has 0 atom stereocenters. The Kier molecular flexibility index (Phi) is 1.27. The van der Waals surface area contributed by atoms with Gasteiger partial charge in [0.15, 0.2) is 0 Å². The van der Waals surface area contributed by atoms with Gasteiger partial charge in [-0.1, -0.05) is 0 Å². The highest BCUT2D eigenvalue weighted by Gasteiger charge is 1.98. The van der Waals surface area contributed by atoms with Crippen LogP contribution in [0.25, 0.3) is 0 Å². The first-order chi connectivity index (χ1) is 4.13. The molecule has 0 spiro atoms. The Morgan fingerprint density at radius 1 is 1.67 bits per heavy atom. The van der Waals surface area contributed by atoms with E-state index in [1.807, 2.05) is 24.6 Å². The van der Waals surface area contributed by atoms with Gasteiger partial charge in [0.05, 0.1) is 0 Å². The lowest BCUT2D eigenvalue weighted by atomic mass is 10.0. The van der Waals surface area contributed by atoms with Gasteiger partial charge in [-0.25, -0.2) is 0 Å². The van der Waals surface area contributed by atoms with E-state index in [0.717, 1.165) is 5.69 Å². The lowest BCUT2D eigenvalue weighted by Gasteiger charge is -1.98. The van der Waals surface area contributed by atoms with Gasteiger partial charge in [0.1, 0.15) is 7.85 Å². The molecule has 0 aliphatic heterocycles. The third kappa shape index (κ3) is 0.825. The van der Waals surface area contributed by atoms with Crippen LogP contribution in [0.2, 0.25) is 0 Å². The molecule has 0 saturated carbocycles. The lowest BCUT2D eigenvalue weighted by molar-refractivity contribution is 0.910. The highest BCUT2D eigenvalue weighted by atomic mass is 15.0. The van der Waals surface area contributed by atoms with E-state index in [1.165, 1.54) is 0 Å². The van der Waals surface area contributed by atoms with Gasteiger partial charge in [0.25, 0.3) is 0 Å². The largest absolute Gasteiger partial charge is 0.398 e. The Morgan fingerprint density at radius 2 is 2.22 bits per heavy atom. The number of rotatable bonds is 0. The van der Waals surface area contributed by atoms with E-state index in [-0.39, 0.29) is 0 Å². The van der Waals surface area contributed by atoms with Gasteiger partial charge in [0.2, 0.25) is 0 Å². The second-order valence-corrected chi connectivity index (χ2v) is 2.19. The summed E-state index contributed by atoms with van der Waals surface area (Å²) in [6.45, 7) is 1.96. The summed E-state index contributed by atoms with van der Waals surface area (Å²) in [4.78, 5) is 0. The van der Waals surface area contributed by atoms with E-state index in [4.69, 9.17) is 13.6 Å². The molecular formula is C6H9BN2. The van der Waals surface area contributed by atoms with Crippen LogP contribution in [0.3, 0.4) is 0 Å².